The second-order valence-corrected chi connectivity index (χ2v) is 5.69. The summed E-state index contributed by atoms with van der Waals surface area (Å²) in [7, 11) is 0. The summed E-state index contributed by atoms with van der Waals surface area (Å²) in [5.74, 6) is 0.602. The Kier molecular flexibility index (Phi) is 5.43. The second kappa shape index (κ2) is 7.92. The first kappa shape index (κ1) is 16.4. The van der Waals surface area contributed by atoms with Gasteiger partial charge in [0.2, 0.25) is 5.89 Å². The molecule has 1 aliphatic rings. The minimum absolute atomic E-state index is 0.194. The number of ether oxygens (including phenoxy) is 1. The van der Waals surface area contributed by atoms with Gasteiger partial charge in [-0.05, 0) is 37.1 Å². The lowest BCUT2D eigenvalue weighted by Crippen LogP contribution is -2.34. The number of hydrogen-bond donors (Lipinski definition) is 2. The molecule has 6 nitrogen and oxygen atoms in total. The van der Waals surface area contributed by atoms with Crippen LogP contribution in [0.4, 0.5) is 4.39 Å². The fourth-order valence-electron chi connectivity index (χ4n) is 2.51. The smallest absolute Gasteiger partial charge is 0.226 e. The van der Waals surface area contributed by atoms with E-state index in [4.69, 9.17) is 14.9 Å². The summed E-state index contributed by atoms with van der Waals surface area (Å²) in [6.07, 6.45) is 4.58. The van der Waals surface area contributed by atoms with E-state index in [9.17, 15) is 4.39 Å². The average molecular weight is 332 g/mol. The third kappa shape index (κ3) is 4.55. The molecule has 2 heterocycles. The average Bonchev–Trinajstić information content (AvgIpc) is 3.25. The lowest BCUT2D eigenvalue weighted by atomic mass is 10.2. The van der Waals surface area contributed by atoms with Gasteiger partial charge in [-0.2, -0.15) is 0 Å². The molecule has 1 saturated heterocycles. The van der Waals surface area contributed by atoms with Crippen LogP contribution in [0, 0.1) is 5.82 Å². The molecule has 1 aromatic carbocycles. The van der Waals surface area contributed by atoms with Crippen molar-refractivity contribution < 1.29 is 13.5 Å². The van der Waals surface area contributed by atoms with Gasteiger partial charge in [-0.25, -0.2) is 9.37 Å². The molecule has 0 radical (unpaired) electrons. The Labute approximate surface area is 139 Å². The zero-order valence-electron chi connectivity index (χ0n) is 13.4. The molecule has 1 unspecified atom stereocenters. The topological polar surface area (TPSA) is 85.7 Å². The number of aromatic nitrogens is 1. The van der Waals surface area contributed by atoms with Gasteiger partial charge in [0.05, 0.1) is 18.3 Å². The Balaban J connectivity index is 1.45. The van der Waals surface area contributed by atoms with Crippen molar-refractivity contribution in [2.45, 2.75) is 25.4 Å². The van der Waals surface area contributed by atoms with E-state index in [1.54, 1.807) is 18.4 Å². The molecule has 0 aliphatic carbocycles. The van der Waals surface area contributed by atoms with Crippen LogP contribution in [0.3, 0.4) is 0 Å². The van der Waals surface area contributed by atoms with E-state index in [0.717, 1.165) is 30.7 Å². The zero-order chi connectivity index (χ0) is 16.8. The minimum atomic E-state index is -0.285. The monoisotopic (exact) mass is 332 g/mol. The van der Waals surface area contributed by atoms with Crippen LogP contribution < -0.4 is 11.1 Å². The Bertz CT molecular complexity index is 678. The summed E-state index contributed by atoms with van der Waals surface area (Å²) in [4.78, 5) is 8.66. The largest absolute Gasteiger partial charge is 0.444 e. The molecule has 3 N–H and O–H groups in total. The fourth-order valence-corrected chi connectivity index (χ4v) is 2.51. The lowest BCUT2D eigenvalue weighted by molar-refractivity contribution is 0.118. The second-order valence-electron chi connectivity index (χ2n) is 5.69. The number of nitrogens with one attached hydrogen (secondary N) is 1. The summed E-state index contributed by atoms with van der Waals surface area (Å²) < 4.78 is 23.8. The van der Waals surface area contributed by atoms with Gasteiger partial charge in [-0.1, -0.05) is 0 Å². The molecular weight excluding hydrogens is 311 g/mol. The van der Waals surface area contributed by atoms with E-state index in [0.29, 0.717) is 31.4 Å². The van der Waals surface area contributed by atoms with Crippen molar-refractivity contribution in [1.82, 2.24) is 10.3 Å². The molecule has 1 aromatic heterocycles. The maximum atomic E-state index is 12.9. The molecule has 3 rings (SSSR count). The first-order chi connectivity index (χ1) is 11.7. The molecule has 7 heteroatoms. The maximum Gasteiger partial charge on any atom is 0.226 e. The Morgan fingerprint density at radius 3 is 2.96 bits per heavy atom. The van der Waals surface area contributed by atoms with Gasteiger partial charge in [0, 0.05) is 25.1 Å². The van der Waals surface area contributed by atoms with Crippen LogP contribution in [0.15, 0.2) is 39.9 Å². The van der Waals surface area contributed by atoms with E-state index in [2.05, 4.69) is 15.3 Å². The quantitative estimate of drug-likeness (QED) is 0.625. The van der Waals surface area contributed by atoms with Gasteiger partial charge < -0.3 is 20.2 Å². The Hall–Kier alpha value is -2.41. The molecule has 1 fully saturated rings. The molecule has 2 aromatic rings. The summed E-state index contributed by atoms with van der Waals surface area (Å²) in [5.41, 5.74) is 7.37. The third-order valence-electron chi connectivity index (χ3n) is 3.82. The number of rotatable bonds is 6. The van der Waals surface area contributed by atoms with E-state index < -0.39 is 0 Å². The molecule has 1 aliphatic heterocycles. The van der Waals surface area contributed by atoms with Crippen LogP contribution in [0.25, 0.3) is 11.5 Å². The van der Waals surface area contributed by atoms with Gasteiger partial charge in [0.15, 0.2) is 5.96 Å². The first-order valence-electron chi connectivity index (χ1n) is 8.06. The highest BCUT2D eigenvalue weighted by atomic mass is 19.1. The van der Waals surface area contributed by atoms with Crippen molar-refractivity contribution in [2.24, 2.45) is 10.7 Å². The van der Waals surface area contributed by atoms with Crippen molar-refractivity contribution in [1.29, 1.82) is 0 Å². The van der Waals surface area contributed by atoms with Crippen molar-refractivity contribution in [3.8, 4) is 11.5 Å². The molecule has 1 atom stereocenters. The fraction of sp³-hybridized carbons (Fsp3) is 0.412. The molecule has 24 heavy (non-hydrogen) atoms. The van der Waals surface area contributed by atoms with Gasteiger partial charge in [0.25, 0.3) is 0 Å². The standard InChI is InChI=1S/C17H21FN4O2/c18-13-5-3-12(4-6-13)16-22-14(11-24-16)7-8-20-17(19)21-10-15-2-1-9-23-15/h3-6,11,15H,1-2,7-10H2,(H3,19,20,21). The predicted octanol–water partition coefficient (Wildman–Crippen LogP) is 2.11. The summed E-state index contributed by atoms with van der Waals surface area (Å²) in [6, 6.07) is 6.04. The van der Waals surface area contributed by atoms with Crippen LogP contribution in [0.2, 0.25) is 0 Å². The number of benzene rings is 1. The Morgan fingerprint density at radius 2 is 2.21 bits per heavy atom. The van der Waals surface area contributed by atoms with Crippen molar-refractivity contribution >= 4 is 5.96 Å². The maximum absolute atomic E-state index is 12.9. The molecular formula is C17H21FN4O2. The third-order valence-corrected chi connectivity index (χ3v) is 3.82. The number of nitrogens with two attached hydrogens (primary N) is 1. The molecule has 0 amide bonds. The number of aliphatic imine (C=N–C) groups is 1. The minimum Gasteiger partial charge on any atom is -0.444 e. The van der Waals surface area contributed by atoms with E-state index in [-0.39, 0.29) is 11.9 Å². The number of oxazole rings is 1. The highest BCUT2D eigenvalue weighted by Crippen LogP contribution is 2.19. The SMILES string of the molecule is NC(=NCC1CCCO1)NCCc1coc(-c2ccc(F)cc2)n1. The van der Waals surface area contributed by atoms with Crippen molar-refractivity contribution in [3.63, 3.8) is 0 Å². The zero-order valence-corrected chi connectivity index (χ0v) is 13.4. The number of nitrogens with zero attached hydrogens (tertiary/aromatic N) is 2. The summed E-state index contributed by atoms with van der Waals surface area (Å²) in [6.45, 7) is 2.02. The van der Waals surface area contributed by atoms with Gasteiger partial charge in [-0.3, -0.25) is 4.99 Å². The Morgan fingerprint density at radius 1 is 1.38 bits per heavy atom. The summed E-state index contributed by atoms with van der Waals surface area (Å²) >= 11 is 0. The molecule has 0 spiro atoms. The van der Waals surface area contributed by atoms with Gasteiger partial charge >= 0.3 is 0 Å². The molecule has 0 saturated carbocycles. The lowest BCUT2D eigenvalue weighted by Gasteiger charge is -2.07. The molecule has 128 valence electrons. The predicted molar refractivity (Wildman–Crippen MR) is 89.1 cm³/mol. The van der Waals surface area contributed by atoms with Crippen LogP contribution in [-0.2, 0) is 11.2 Å². The van der Waals surface area contributed by atoms with E-state index in [1.165, 1.54) is 12.1 Å². The highest BCUT2D eigenvalue weighted by Gasteiger charge is 2.14. The van der Waals surface area contributed by atoms with E-state index in [1.807, 2.05) is 0 Å². The normalized spacial score (nSPS) is 18.0. The first-order valence-corrected chi connectivity index (χ1v) is 8.06. The van der Waals surface area contributed by atoms with Crippen LogP contribution in [-0.4, -0.2) is 36.7 Å². The number of hydrogen-bond acceptors (Lipinski definition) is 4. The van der Waals surface area contributed by atoms with Crippen molar-refractivity contribution in [3.05, 3.63) is 42.0 Å². The van der Waals surface area contributed by atoms with Crippen LogP contribution in [0.1, 0.15) is 18.5 Å². The van der Waals surface area contributed by atoms with Gasteiger partial charge in [-0.15, -0.1) is 0 Å². The van der Waals surface area contributed by atoms with E-state index >= 15 is 0 Å². The summed E-state index contributed by atoms with van der Waals surface area (Å²) in [5, 5.41) is 3.05. The number of guanidine groups is 1. The molecule has 0 bridgehead atoms. The van der Waals surface area contributed by atoms with Gasteiger partial charge in [0.1, 0.15) is 12.1 Å². The number of halogens is 1. The highest BCUT2D eigenvalue weighted by molar-refractivity contribution is 5.77. The van der Waals surface area contributed by atoms with Crippen molar-refractivity contribution in [2.75, 3.05) is 19.7 Å². The van der Waals surface area contributed by atoms with Crippen LogP contribution in [0.5, 0.6) is 0 Å². The van der Waals surface area contributed by atoms with Crippen LogP contribution >= 0.6 is 0 Å².